The van der Waals surface area contributed by atoms with E-state index in [2.05, 4.69) is 49.2 Å². The highest BCUT2D eigenvalue weighted by atomic mass is 79.9. The Hall–Kier alpha value is -1.73. The van der Waals surface area contributed by atoms with Crippen LogP contribution in [-0.4, -0.2) is 29.0 Å². The fraction of sp³-hybridized carbons (Fsp3) is 0.400. The summed E-state index contributed by atoms with van der Waals surface area (Å²) < 4.78 is 1.08. The number of anilines is 2. The van der Waals surface area contributed by atoms with Crippen molar-refractivity contribution in [3.63, 3.8) is 0 Å². The van der Waals surface area contributed by atoms with Gasteiger partial charge in [0.05, 0.1) is 6.04 Å². The van der Waals surface area contributed by atoms with Crippen LogP contribution in [-0.2, 0) is 0 Å². The number of nitrogens with zero attached hydrogens (tertiary/aromatic N) is 4. The fourth-order valence-electron chi connectivity index (χ4n) is 2.16. The molecule has 2 aromatic rings. The summed E-state index contributed by atoms with van der Waals surface area (Å²) in [5.41, 5.74) is 6.96. The molecular formula is C15H21BrN6. The van der Waals surface area contributed by atoms with E-state index in [1.807, 2.05) is 44.1 Å². The molecule has 2 atom stereocenters. The average Bonchev–Trinajstić information content (AvgIpc) is 2.46. The van der Waals surface area contributed by atoms with Gasteiger partial charge in [0, 0.05) is 24.6 Å². The van der Waals surface area contributed by atoms with Gasteiger partial charge in [-0.05, 0) is 25.5 Å². The molecular weight excluding hydrogens is 344 g/mol. The van der Waals surface area contributed by atoms with Crippen LogP contribution in [0.2, 0.25) is 0 Å². The summed E-state index contributed by atoms with van der Waals surface area (Å²) in [6.45, 7) is 4.12. The van der Waals surface area contributed by atoms with Gasteiger partial charge in [0.2, 0.25) is 11.9 Å². The molecule has 1 aromatic heterocycles. The first kappa shape index (κ1) is 16.6. The lowest BCUT2D eigenvalue weighted by Crippen LogP contribution is -2.26. The fourth-order valence-corrected chi connectivity index (χ4v) is 2.78. The van der Waals surface area contributed by atoms with E-state index >= 15 is 0 Å². The average molecular weight is 365 g/mol. The molecule has 0 saturated carbocycles. The Kier molecular flexibility index (Phi) is 5.31. The second-order valence-electron chi connectivity index (χ2n) is 5.38. The molecule has 0 bridgehead atoms. The van der Waals surface area contributed by atoms with Gasteiger partial charge in [-0.2, -0.15) is 15.0 Å². The summed E-state index contributed by atoms with van der Waals surface area (Å²) in [7, 11) is 3.75. The van der Waals surface area contributed by atoms with Gasteiger partial charge in [0.25, 0.3) is 0 Å². The minimum Gasteiger partial charge on any atom is -0.368 e. The van der Waals surface area contributed by atoms with Gasteiger partial charge in [-0.15, -0.1) is 0 Å². The Labute approximate surface area is 139 Å². The van der Waals surface area contributed by atoms with Crippen molar-refractivity contribution < 1.29 is 0 Å². The van der Waals surface area contributed by atoms with Crippen molar-refractivity contribution in [2.75, 3.05) is 24.7 Å². The van der Waals surface area contributed by atoms with Crippen LogP contribution in [0.1, 0.15) is 37.3 Å². The van der Waals surface area contributed by atoms with Crippen LogP contribution in [0.5, 0.6) is 0 Å². The first-order valence-electron chi connectivity index (χ1n) is 7.07. The number of benzene rings is 1. The second kappa shape index (κ2) is 7.02. The van der Waals surface area contributed by atoms with Gasteiger partial charge in [-0.3, -0.25) is 0 Å². The van der Waals surface area contributed by atoms with Crippen LogP contribution >= 0.6 is 15.9 Å². The molecule has 0 amide bonds. The van der Waals surface area contributed by atoms with Crippen molar-refractivity contribution in [2.24, 2.45) is 0 Å². The maximum absolute atomic E-state index is 5.78. The SMILES string of the molecule is C[C@H](N[C@H](C)c1ccccc1Br)c1nc(N)nc(N(C)C)n1. The number of hydrogen-bond donors (Lipinski definition) is 2. The Morgan fingerprint density at radius 2 is 1.77 bits per heavy atom. The normalized spacial score (nSPS) is 13.7. The van der Waals surface area contributed by atoms with Crippen LogP contribution in [0, 0.1) is 0 Å². The number of rotatable bonds is 5. The van der Waals surface area contributed by atoms with E-state index in [9.17, 15) is 0 Å². The molecule has 0 fully saturated rings. The zero-order valence-electron chi connectivity index (χ0n) is 13.2. The molecule has 1 heterocycles. The van der Waals surface area contributed by atoms with Crippen molar-refractivity contribution >= 4 is 27.8 Å². The Bertz CT molecular complexity index is 646. The molecule has 118 valence electrons. The molecule has 0 spiro atoms. The Balaban J connectivity index is 2.18. The van der Waals surface area contributed by atoms with Gasteiger partial charge < -0.3 is 16.0 Å². The quantitative estimate of drug-likeness (QED) is 0.848. The predicted octanol–water partition coefficient (Wildman–Crippen LogP) is 2.69. The van der Waals surface area contributed by atoms with E-state index in [1.165, 1.54) is 5.56 Å². The second-order valence-corrected chi connectivity index (χ2v) is 6.23. The summed E-state index contributed by atoms with van der Waals surface area (Å²) in [4.78, 5) is 14.6. The summed E-state index contributed by atoms with van der Waals surface area (Å²) >= 11 is 3.58. The Morgan fingerprint density at radius 3 is 2.41 bits per heavy atom. The number of nitrogen functional groups attached to an aromatic ring is 1. The smallest absolute Gasteiger partial charge is 0.229 e. The van der Waals surface area contributed by atoms with Crippen LogP contribution in [0.15, 0.2) is 28.7 Å². The lowest BCUT2D eigenvalue weighted by Gasteiger charge is -2.21. The zero-order chi connectivity index (χ0) is 16.3. The van der Waals surface area contributed by atoms with Gasteiger partial charge in [-0.1, -0.05) is 34.1 Å². The predicted molar refractivity (Wildman–Crippen MR) is 92.7 cm³/mol. The number of nitrogens with two attached hydrogens (primary N) is 1. The summed E-state index contributed by atoms with van der Waals surface area (Å²) in [6, 6.07) is 8.23. The highest BCUT2D eigenvalue weighted by molar-refractivity contribution is 9.10. The van der Waals surface area contributed by atoms with E-state index in [0.29, 0.717) is 11.8 Å². The van der Waals surface area contributed by atoms with E-state index in [-0.39, 0.29) is 18.0 Å². The van der Waals surface area contributed by atoms with Crippen LogP contribution in [0.4, 0.5) is 11.9 Å². The van der Waals surface area contributed by atoms with Gasteiger partial charge in [0.1, 0.15) is 0 Å². The molecule has 0 radical (unpaired) electrons. The summed E-state index contributed by atoms with van der Waals surface area (Å²) in [5, 5.41) is 3.49. The largest absolute Gasteiger partial charge is 0.368 e. The lowest BCUT2D eigenvalue weighted by molar-refractivity contribution is 0.474. The summed E-state index contributed by atoms with van der Waals surface area (Å²) in [6.07, 6.45) is 0. The zero-order valence-corrected chi connectivity index (χ0v) is 14.8. The molecule has 2 rings (SSSR count). The van der Waals surface area contributed by atoms with Crippen molar-refractivity contribution in [3.8, 4) is 0 Å². The van der Waals surface area contributed by atoms with Gasteiger partial charge >= 0.3 is 0 Å². The highest BCUT2D eigenvalue weighted by Crippen LogP contribution is 2.25. The molecule has 0 saturated heterocycles. The van der Waals surface area contributed by atoms with Crippen LogP contribution in [0.3, 0.4) is 0 Å². The van der Waals surface area contributed by atoms with Gasteiger partial charge in [-0.25, -0.2) is 0 Å². The van der Waals surface area contributed by atoms with Crippen molar-refractivity contribution in [1.29, 1.82) is 0 Å². The van der Waals surface area contributed by atoms with E-state index in [0.717, 1.165) is 4.47 Å². The number of halogens is 1. The van der Waals surface area contributed by atoms with E-state index < -0.39 is 0 Å². The molecule has 0 aliphatic rings. The maximum Gasteiger partial charge on any atom is 0.229 e. The first-order chi connectivity index (χ1) is 10.4. The molecule has 0 aliphatic heterocycles. The molecule has 0 unspecified atom stereocenters. The maximum atomic E-state index is 5.78. The molecule has 3 N–H and O–H groups in total. The summed E-state index contributed by atoms with van der Waals surface area (Å²) in [5.74, 6) is 1.43. The standard InChI is InChI=1S/C15H21BrN6/c1-9(11-7-5-6-8-12(11)16)18-10(2)13-19-14(17)21-15(20-13)22(3)4/h5-10,18H,1-4H3,(H2,17,19,20,21)/t9-,10+/m1/s1. The third-order valence-electron chi connectivity index (χ3n) is 3.32. The van der Waals surface area contributed by atoms with E-state index in [4.69, 9.17) is 5.73 Å². The molecule has 0 aliphatic carbocycles. The van der Waals surface area contributed by atoms with E-state index in [1.54, 1.807) is 0 Å². The third-order valence-corrected chi connectivity index (χ3v) is 4.04. The number of aromatic nitrogens is 3. The molecule has 6 nitrogen and oxygen atoms in total. The van der Waals surface area contributed by atoms with Crippen molar-refractivity contribution in [3.05, 3.63) is 40.1 Å². The van der Waals surface area contributed by atoms with Crippen LogP contribution in [0.25, 0.3) is 0 Å². The van der Waals surface area contributed by atoms with Crippen molar-refractivity contribution in [2.45, 2.75) is 25.9 Å². The molecule has 7 heteroatoms. The minimum atomic E-state index is -0.0499. The topological polar surface area (TPSA) is 80.0 Å². The number of hydrogen-bond acceptors (Lipinski definition) is 6. The molecule has 22 heavy (non-hydrogen) atoms. The van der Waals surface area contributed by atoms with Crippen LogP contribution < -0.4 is 16.0 Å². The first-order valence-corrected chi connectivity index (χ1v) is 7.87. The molecule has 1 aromatic carbocycles. The number of nitrogens with one attached hydrogen (secondary N) is 1. The highest BCUT2D eigenvalue weighted by Gasteiger charge is 2.17. The lowest BCUT2D eigenvalue weighted by atomic mass is 10.1. The minimum absolute atomic E-state index is 0.0499. The third kappa shape index (κ3) is 3.92. The van der Waals surface area contributed by atoms with Crippen molar-refractivity contribution in [1.82, 2.24) is 20.3 Å². The monoisotopic (exact) mass is 364 g/mol. The Morgan fingerprint density at radius 1 is 1.09 bits per heavy atom. The van der Waals surface area contributed by atoms with Gasteiger partial charge in [0.15, 0.2) is 5.82 Å².